The van der Waals surface area contributed by atoms with Crippen LogP contribution in [-0.2, 0) is 11.8 Å². The van der Waals surface area contributed by atoms with E-state index in [4.69, 9.17) is 16.3 Å². The van der Waals surface area contributed by atoms with Gasteiger partial charge in [0.25, 0.3) is 5.91 Å². The maximum Gasteiger partial charge on any atom is 0.262 e. The molecule has 0 bridgehead atoms. The number of benzene rings is 2. The molecule has 0 fully saturated rings. The molecule has 0 spiro atoms. The topological polar surface area (TPSA) is 81.9 Å². The van der Waals surface area contributed by atoms with Gasteiger partial charge in [-0.25, -0.2) is 4.68 Å². The van der Waals surface area contributed by atoms with Gasteiger partial charge in [-0.3, -0.25) is 4.79 Å². The summed E-state index contributed by atoms with van der Waals surface area (Å²) < 4.78 is 6.97. The van der Waals surface area contributed by atoms with E-state index in [1.54, 1.807) is 48.1 Å². The number of carbonyl (C=O) groups is 1. The fraction of sp³-hybridized carbons (Fsp3) is 0.125. The van der Waals surface area contributed by atoms with Crippen LogP contribution in [0.1, 0.15) is 0 Å². The molecule has 122 valence electrons. The van der Waals surface area contributed by atoms with Crippen molar-refractivity contribution in [1.82, 2.24) is 20.2 Å². The van der Waals surface area contributed by atoms with Gasteiger partial charge in [0.05, 0.1) is 0 Å². The van der Waals surface area contributed by atoms with Gasteiger partial charge in [-0.05, 0) is 40.8 Å². The van der Waals surface area contributed by atoms with Gasteiger partial charge in [0.1, 0.15) is 5.75 Å². The van der Waals surface area contributed by atoms with E-state index in [1.807, 2.05) is 12.1 Å². The largest absolute Gasteiger partial charge is 0.484 e. The molecule has 0 radical (unpaired) electrons. The average Bonchev–Trinajstić information content (AvgIpc) is 2.99. The van der Waals surface area contributed by atoms with E-state index in [0.717, 1.165) is 5.56 Å². The first-order valence-electron chi connectivity index (χ1n) is 7.13. The molecule has 0 aliphatic rings. The highest BCUT2D eigenvalue weighted by molar-refractivity contribution is 6.30. The standard InChI is InChI=1S/C16H14ClN5O2/c1-22-16(19-20-21-22)11-4-2-6-13(8-11)18-15(23)10-24-14-7-3-5-12(17)9-14/h2-9H,10H2,1H3,(H,18,23). The molecule has 0 aliphatic carbocycles. The Morgan fingerprint density at radius 1 is 1.25 bits per heavy atom. The number of carbonyl (C=O) groups excluding carboxylic acids is 1. The molecule has 1 N–H and O–H groups in total. The second-order valence-electron chi connectivity index (χ2n) is 5.00. The van der Waals surface area contributed by atoms with E-state index in [2.05, 4.69) is 20.8 Å². The number of halogens is 1. The maximum atomic E-state index is 12.0. The third kappa shape index (κ3) is 3.88. The number of hydrogen-bond donors (Lipinski definition) is 1. The van der Waals surface area contributed by atoms with Crippen molar-refractivity contribution in [2.75, 3.05) is 11.9 Å². The molecule has 0 aliphatic heterocycles. The summed E-state index contributed by atoms with van der Waals surface area (Å²) in [5, 5.41) is 14.7. The number of aromatic nitrogens is 4. The first-order valence-corrected chi connectivity index (χ1v) is 7.50. The number of anilines is 1. The zero-order chi connectivity index (χ0) is 16.9. The van der Waals surface area contributed by atoms with Crippen LogP contribution in [0.5, 0.6) is 5.75 Å². The Morgan fingerprint density at radius 2 is 2.08 bits per heavy atom. The quantitative estimate of drug-likeness (QED) is 0.769. The maximum absolute atomic E-state index is 12.0. The van der Waals surface area contributed by atoms with Crippen LogP contribution in [0, 0.1) is 0 Å². The van der Waals surface area contributed by atoms with Crippen LogP contribution in [0.15, 0.2) is 48.5 Å². The van der Waals surface area contributed by atoms with Gasteiger partial charge in [0.2, 0.25) is 0 Å². The van der Waals surface area contributed by atoms with Crippen LogP contribution in [0.2, 0.25) is 5.02 Å². The number of tetrazole rings is 1. The van der Waals surface area contributed by atoms with E-state index in [0.29, 0.717) is 22.3 Å². The Hall–Kier alpha value is -2.93. The molecular formula is C16H14ClN5O2. The lowest BCUT2D eigenvalue weighted by atomic mass is 10.2. The molecular weight excluding hydrogens is 330 g/mol. The number of rotatable bonds is 5. The van der Waals surface area contributed by atoms with Crippen molar-refractivity contribution >= 4 is 23.2 Å². The van der Waals surface area contributed by atoms with Crippen molar-refractivity contribution in [3.8, 4) is 17.1 Å². The second kappa shape index (κ2) is 7.10. The van der Waals surface area contributed by atoms with E-state index in [9.17, 15) is 4.79 Å². The molecule has 0 atom stereocenters. The number of nitrogens with one attached hydrogen (secondary N) is 1. The van der Waals surface area contributed by atoms with Gasteiger partial charge in [0, 0.05) is 23.3 Å². The van der Waals surface area contributed by atoms with Crippen molar-refractivity contribution in [2.24, 2.45) is 7.05 Å². The van der Waals surface area contributed by atoms with Crippen molar-refractivity contribution < 1.29 is 9.53 Å². The summed E-state index contributed by atoms with van der Waals surface area (Å²) in [5.74, 6) is 0.876. The summed E-state index contributed by atoms with van der Waals surface area (Å²) >= 11 is 5.87. The molecule has 0 saturated heterocycles. The highest BCUT2D eigenvalue weighted by atomic mass is 35.5. The number of amides is 1. The smallest absolute Gasteiger partial charge is 0.262 e. The molecule has 1 amide bonds. The molecule has 1 aromatic heterocycles. The molecule has 1 heterocycles. The molecule has 24 heavy (non-hydrogen) atoms. The third-order valence-corrected chi connectivity index (χ3v) is 3.43. The summed E-state index contributed by atoms with van der Waals surface area (Å²) in [5.41, 5.74) is 1.44. The Bertz CT molecular complexity index is 865. The number of nitrogens with zero attached hydrogens (tertiary/aromatic N) is 4. The van der Waals surface area contributed by atoms with Crippen LogP contribution < -0.4 is 10.1 Å². The Morgan fingerprint density at radius 3 is 2.83 bits per heavy atom. The summed E-state index contributed by atoms with van der Waals surface area (Å²) in [7, 11) is 1.75. The van der Waals surface area contributed by atoms with Crippen LogP contribution in [0.3, 0.4) is 0 Å². The minimum absolute atomic E-state index is 0.115. The van der Waals surface area contributed by atoms with Crippen molar-refractivity contribution in [2.45, 2.75) is 0 Å². The lowest BCUT2D eigenvalue weighted by Gasteiger charge is -2.08. The summed E-state index contributed by atoms with van der Waals surface area (Å²) in [6.07, 6.45) is 0. The van der Waals surface area contributed by atoms with Crippen LogP contribution in [0.25, 0.3) is 11.4 Å². The monoisotopic (exact) mass is 343 g/mol. The second-order valence-corrected chi connectivity index (χ2v) is 5.44. The molecule has 0 saturated carbocycles. The SMILES string of the molecule is Cn1nnnc1-c1cccc(NC(=O)COc2cccc(Cl)c2)c1. The third-order valence-electron chi connectivity index (χ3n) is 3.19. The van der Waals surface area contributed by atoms with E-state index in [1.165, 1.54) is 0 Å². The first kappa shape index (κ1) is 15.9. The predicted octanol–water partition coefficient (Wildman–Crippen LogP) is 2.55. The number of hydrogen-bond acceptors (Lipinski definition) is 5. The Balaban J connectivity index is 1.63. The predicted molar refractivity (Wildman–Crippen MR) is 89.8 cm³/mol. The van der Waals surface area contributed by atoms with Crippen molar-refractivity contribution in [3.05, 3.63) is 53.6 Å². The molecule has 3 aromatic rings. The number of aryl methyl sites for hydroxylation is 1. The van der Waals surface area contributed by atoms with Gasteiger partial charge < -0.3 is 10.1 Å². The normalized spacial score (nSPS) is 10.4. The van der Waals surface area contributed by atoms with Gasteiger partial charge in [0.15, 0.2) is 12.4 Å². The summed E-state index contributed by atoms with van der Waals surface area (Å²) in [6.45, 7) is -0.115. The van der Waals surface area contributed by atoms with Gasteiger partial charge in [-0.1, -0.05) is 29.8 Å². The minimum atomic E-state index is -0.275. The van der Waals surface area contributed by atoms with E-state index < -0.39 is 0 Å². The lowest BCUT2D eigenvalue weighted by molar-refractivity contribution is -0.118. The van der Waals surface area contributed by atoms with Crippen molar-refractivity contribution in [3.63, 3.8) is 0 Å². The van der Waals surface area contributed by atoms with Gasteiger partial charge in [-0.2, -0.15) is 0 Å². The van der Waals surface area contributed by atoms with Crippen LogP contribution >= 0.6 is 11.6 Å². The van der Waals surface area contributed by atoms with Gasteiger partial charge in [-0.15, -0.1) is 5.10 Å². The number of ether oxygens (including phenoxy) is 1. The van der Waals surface area contributed by atoms with Crippen LogP contribution in [-0.4, -0.2) is 32.7 Å². The minimum Gasteiger partial charge on any atom is -0.484 e. The summed E-state index contributed by atoms with van der Waals surface area (Å²) in [6, 6.07) is 14.1. The zero-order valence-electron chi connectivity index (χ0n) is 12.8. The average molecular weight is 344 g/mol. The van der Waals surface area contributed by atoms with Crippen LogP contribution in [0.4, 0.5) is 5.69 Å². The summed E-state index contributed by atoms with van der Waals surface area (Å²) in [4.78, 5) is 12.0. The highest BCUT2D eigenvalue weighted by Crippen LogP contribution is 2.20. The van der Waals surface area contributed by atoms with Crippen molar-refractivity contribution in [1.29, 1.82) is 0 Å². The zero-order valence-corrected chi connectivity index (χ0v) is 13.6. The Kier molecular flexibility index (Phi) is 4.72. The fourth-order valence-electron chi connectivity index (χ4n) is 2.11. The molecule has 2 aromatic carbocycles. The Labute approximate surface area is 143 Å². The fourth-order valence-corrected chi connectivity index (χ4v) is 2.29. The molecule has 8 heteroatoms. The van der Waals surface area contributed by atoms with E-state index in [-0.39, 0.29) is 12.5 Å². The molecule has 3 rings (SSSR count). The lowest BCUT2D eigenvalue weighted by Crippen LogP contribution is -2.20. The highest BCUT2D eigenvalue weighted by Gasteiger charge is 2.08. The molecule has 7 nitrogen and oxygen atoms in total. The molecule has 0 unspecified atom stereocenters. The van der Waals surface area contributed by atoms with E-state index >= 15 is 0 Å². The van der Waals surface area contributed by atoms with Gasteiger partial charge >= 0.3 is 0 Å². The first-order chi connectivity index (χ1) is 11.6.